The molecule has 1 aliphatic carbocycles. The lowest BCUT2D eigenvalue weighted by molar-refractivity contribution is 0.416. The summed E-state index contributed by atoms with van der Waals surface area (Å²) >= 11 is 6.69. The van der Waals surface area contributed by atoms with Crippen LogP contribution in [0.1, 0.15) is 51.3 Å². The Morgan fingerprint density at radius 2 is 2.06 bits per heavy atom. The monoisotopic (exact) mass is 440 g/mol. The van der Waals surface area contributed by atoms with E-state index in [4.69, 9.17) is 26.3 Å². The zero-order chi connectivity index (χ0) is 22.1. The number of ether oxygens (including phenoxy) is 1. The first-order valence-corrected chi connectivity index (χ1v) is 11.8. The third-order valence-electron chi connectivity index (χ3n) is 6.28. The number of nitrogens with zero attached hydrogens (tertiary/aromatic N) is 4. The van der Waals surface area contributed by atoms with Crippen molar-refractivity contribution in [2.24, 2.45) is 11.8 Å². The molecule has 2 heterocycles. The highest BCUT2D eigenvalue weighted by Gasteiger charge is 2.29. The quantitative estimate of drug-likeness (QED) is 0.397. The molecule has 0 spiro atoms. The predicted octanol–water partition coefficient (Wildman–Crippen LogP) is 6.19. The van der Waals surface area contributed by atoms with E-state index in [-0.39, 0.29) is 0 Å². The number of rotatable bonds is 9. The first-order valence-electron chi connectivity index (χ1n) is 11.4. The van der Waals surface area contributed by atoms with Gasteiger partial charge in [0, 0.05) is 25.5 Å². The van der Waals surface area contributed by atoms with Gasteiger partial charge in [0.15, 0.2) is 5.65 Å². The Kier molecular flexibility index (Phi) is 6.42. The number of anilines is 1. The Bertz CT molecular complexity index is 1070. The Hall–Kier alpha value is -2.27. The van der Waals surface area contributed by atoms with E-state index in [1.807, 2.05) is 31.5 Å². The van der Waals surface area contributed by atoms with Crippen LogP contribution >= 0.6 is 11.6 Å². The number of hydrogen-bond donors (Lipinski definition) is 0. The van der Waals surface area contributed by atoms with Crippen molar-refractivity contribution in [1.29, 1.82) is 0 Å². The zero-order valence-corrected chi connectivity index (χ0v) is 20.0. The van der Waals surface area contributed by atoms with Gasteiger partial charge in [-0.05, 0) is 55.7 Å². The first kappa shape index (κ1) is 21.9. The minimum Gasteiger partial charge on any atom is -0.496 e. The zero-order valence-electron chi connectivity index (χ0n) is 19.3. The van der Waals surface area contributed by atoms with Crippen LogP contribution in [0, 0.1) is 18.8 Å². The van der Waals surface area contributed by atoms with Crippen LogP contribution in [0.2, 0.25) is 5.02 Å². The Balaban J connectivity index is 1.90. The fourth-order valence-corrected chi connectivity index (χ4v) is 4.58. The van der Waals surface area contributed by atoms with Crippen molar-refractivity contribution in [3.8, 4) is 17.0 Å². The van der Waals surface area contributed by atoms with E-state index in [2.05, 4.69) is 30.1 Å². The number of aryl methyl sites for hydroxylation is 2. The van der Waals surface area contributed by atoms with Crippen molar-refractivity contribution in [3.05, 3.63) is 40.8 Å². The third-order valence-corrected chi connectivity index (χ3v) is 6.58. The van der Waals surface area contributed by atoms with Gasteiger partial charge in [0.1, 0.15) is 17.3 Å². The number of aromatic nitrogens is 3. The summed E-state index contributed by atoms with van der Waals surface area (Å²) in [5, 5.41) is 0.634. The molecule has 3 aromatic rings. The average Bonchev–Trinajstić information content (AvgIpc) is 3.49. The number of fused-ring (bicyclic) bond motifs is 1. The second-order valence-corrected chi connectivity index (χ2v) is 9.30. The second-order valence-electron chi connectivity index (χ2n) is 8.89. The molecule has 166 valence electrons. The van der Waals surface area contributed by atoms with E-state index in [0.29, 0.717) is 10.9 Å². The molecule has 2 aromatic heterocycles. The summed E-state index contributed by atoms with van der Waals surface area (Å²) in [7, 11) is 1.67. The van der Waals surface area contributed by atoms with Crippen LogP contribution < -0.4 is 9.64 Å². The van der Waals surface area contributed by atoms with Crippen molar-refractivity contribution in [3.63, 3.8) is 0 Å². The van der Waals surface area contributed by atoms with Crippen LogP contribution in [0.4, 0.5) is 5.82 Å². The van der Waals surface area contributed by atoms with E-state index in [1.54, 1.807) is 7.11 Å². The molecule has 0 radical (unpaired) electrons. The molecule has 1 fully saturated rings. The fourth-order valence-electron chi connectivity index (χ4n) is 4.23. The number of halogens is 1. The molecule has 4 rings (SSSR count). The predicted molar refractivity (Wildman–Crippen MR) is 128 cm³/mol. The van der Waals surface area contributed by atoms with Gasteiger partial charge in [-0.15, -0.1) is 0 Å². The highest BCUT2D eigenvalue weighted by atomic mass is 35.5. The minimum atomic E-state index is 0.627. The van der Waals surface area contributed by atoms with Crippen LogP contribution in [0.3, 0.4) is 0 Å². The van der Waals surface area contributed by atoms with E-state index < -0.39 is 0 Å². The van der Waals surface area contributed by atoms with Crippen LogP contribution in [-0.4, -0.2) is 34.6 Å². The van der Waals surface area contributed by atoms with Crippen molar-refractivity contribution in [2.75, 3.05) is 25.1 Å². The average molecular weight is 441 g/mol. The molecule has 0 aliphatic heterocycles. The molecular weight excluding hydrogens is 408 g/mol. The Morgan fingerprint density at radius 3 is 2.71 bits per heavy atom. The standard InChI is InChI=1S/C25H33ClN4O/c1-6-16(3)14-29(15-18-8-9-18)25-20(7-2)28-24-23(27-10-11-30(24)25)22-19(26)12-17(4)13-21(22)31-5/h10-13,16,18H,6-9,14-15H2,1-5H3. The van der Waals surface area contributed by atoms with Crippen LogP contribution in [0.25, 0.3) is 16.9 Å². The molecule has 1 unspecified atom stereocenters. The van der Waals surface area contributed by atoms with E-state index in [1.165, 1.54) is 25.1 Å². The van der Waals surface area contributed by atoms with Gasteiger partial charge in [-0.2, -0.15) is 0 Å². The van der Waals surface area contributed by atoms with Gasteiger partial charge >= 0.3 is 0 Å². The summed E-state index contributed by atoms with van der Waals surface area (Å²) in [6.07, 6.45) is 8.59. The second kappa shape index (κ2) is 9.07. The van der Waals surface area contributed by atoms with Crippen molar-refractivity contribution in [2.45, 2.75) is 53.4 Å². The molecule has 1 atom stereocenters. The number of hydrogen-bond acceptors (Lipinski definition) is 4. The SMILES string of the molecule is CCc1nc2c(-c3c(Cl)cc(C)cc3OC)nccn2c1N(CC(C)CC)CC1CC1. The molecule has 31 heavy (non-hydrogen) atoms. The number of imidazole rings is 1. The highest BCUT2D eigenvalue weighted by molar-refractivity contribution is 6.34. The highest BCUT2D eigenvalue weighted by Crippen LogP contribution is 2.40. The third kappa shape index (κ3) is 4.38. The smallest absolute Gasteiger partial charge is 0.165 e. The van der Waals surface area contributed by atoms with Crippen molar-refractivity contribution >= 4 is 23.1 Å². The summed E-state index contributed by atoms with van der Waals surface area (Å²) < 4.78 is 7.89. The Morgan fingerprint density at radius 1 is 1.29 bits per heavy atom. The van der Waals surface area contributed by atoms with Crippen LogP contribution in [-0.2, 0) is 6.42 Å². The molecular formula is C25H33ClN4O. The summed E-state index contributed by atoms with van der Waals surface area (Å²) in [6.45, 7) is 10.9. The molecule has 1 aromatic carbocycles. The van der Waals surface area contributed by atoms with Gasteiger partial charge in [0.25, 0.3) is 0 Å². The molecule has 0 N–H and O–H groups in total. The molecule has 6 heteroatoms. The van der Waals surface area contributed by atoms with Crippen molar-refractivity contribution < 1.29 is 4.74 Å². The summed E-state index contributed by atoms with van der Waals surface area (Å²) in [5.41, 5.74) is 4.57. The maximum atomic E-state index is 6.69. The summed E-state index contributed by atoms with van der Waals surface area (Å²) in [5.74, 6) is 3.35. The fraction of sp³-hybridized carbons (Fsp3) is 0.520. The van der Waals surface area contributed by atoms with E-state index >= 15 is 0 Å². The van der Waals surface area contributed by atoms with Gasteiger partial charge < -0.3 is 9.64 Å². The van der Waals surface area contributed by atoms with Crippen LogP contribution in [0.5, 0.6) is 5.75 Å². The minimum absolute atomic E-state index is 0.627. The van der Waals surface area contributed by atoms with E-state index in [0.717, 1.165) is 59.3 Å². The van der Waals surface area contributed by atoms with Gasteiger partial charge in [-0.3, -0.25) is 9.38 Å². The lowest BCUT2D eigenvalue weighted by Gasteiger charge is -2.28. The lowest BCUT2D eigenvalue weighted by atomic mass is 10.1. The molecule has 1 saturated carbocycles. The normalized spacial score (nSPS) is 14.8. The van der Waals surface area contributed by atoms with E-state index in [9.17, 15) is 0 Å². The lowest BCUT2D eigenvalue weighted by Crippen LogP contribution is -2.32. The topological polar surface area (TPSA) is 42.7 Å². The van der Waals surface area contributed by atoms with Crippen molar-refractivity contribution in [1.82, 2.24) is 14.4 Å². The molecule has 0 amide bonds. The maximum Gasteiger partial charge on any atom is 0.165 e. The van der Waals surface area contributed by atoms with Gasteiger partial charge in [0.05, 0.1) is 23.4 Å². The van der Waals surface area contributed by atoms with Gasteiger partial charge in [0.2, 0.25) is 0 Å². The Labute approximate surface area is 190 Å². The largest absolute Gasteiger partial charge is 0.496 e. The molecule has 0 saturated heterocycles. The molecule has 5 nitrogen and oxygen atoms in total. The maximum absolute atomic E-state index is 6.69. The van der Waals surface area contributed by atoms with Gasteiger partial charge in [-0.1, -0.05) is 38.8 Å². The van der Waals surface area contributed by atoms with Crippen LogP contribution in [0.15, 0.2) is 24.5 Å². The first-order chi connectivity index (χ1) is 15.0. The molecule has 0 bridgehead atoms. The molecule has 1 aliphatic rings. The van der Waals surface area contributed by atoms with Gasteiger partial charge in [-0.25, -0.2) is 4.98 Å². The summed E-state index contributed by atoms with van der Waals surface area (Å²) in [4.78, 5) is 12.3. The number of methoxy groups -OCH3 is 1. The number of benzene rings is 1. The summed E-state index contributed by atoms with van der Waals surface area (Å²) in [6, 6.07) is 3.96.